The highest BCUT2D eigenvalue weighted by molar-refractivity contribution is 9.10. The van der Waals surface area contributed by atoms with Crippen LogP contribution in [0.1, 0.15) is 6.92 Å². The van der Waals surface area contributed by atoms with E-state index in [0.717, 1.165) is 32.7 Å². The number of hydrogen-bond donors (Lipinski definition) is 2. The lowest BCUT2D eigenvalue weighted by Crippen LogP contribution is -2.05. The molecule has 0 unspecified atom stereocenters. The first-order valence-electron chi connectivity index (χ1n) is 6.81. The zero-order chi connectivity index (χ0) is 15.5. The number of carbonyl (C=O) groups is 1. The van der Waals surface area contributed by atoms with Gasteiger partial charge in [-0.25, -0.2) is 4.98 Å². The third kappa shape index (κ3) is 3.09. The highest BCUT2D eigenvalue weighted by Crippen LogP contribution is 2.30. The second-order valence-corrected chi connectivity index (χ2v) is 5.81. The summed E-state index contributed by atoms with van der Waals surface area (Å²) in [5.41, 5.74) is 4.68. The summed E-state index contributed by atoms with van der Waals surface area (Å²) in [6, 6.07) is 15.7. The molecule has 0 aliphatic carbocycles. The molecule has 0 saturated carbocycles. The van der Waals surface area contributed by atoms with E-state index >= 15 is 0 Å². The lowest BCUT2D eigenvalue weighted by atomic mass is 10.0. The van der Waals surface area contributed by atoms with Crippen LogP contribution in [0.3, 0.4) is 0 Å². The van der Waals surface area contributed by atoms with Crippen LogP contribution in [0.4, 0.5) is 5.69 Å². The largest absolute Gasteiger partial charge is 0.344 e. The van der Waals surface area contributed by atoms with Crippen LogP contribution in [0, 0.1) is 0 Å². The summed E-state index contributed by atoms with van der Waals surface area (Å²) in [6.45, 7) is 1.49. The number of benzene rings is 2. The summed E-state index contributed by atoms with van der Waals surface area (Å²) in [6.07, 6.45) is 1.69. The number of nitrogens with one attached hydrogen (secondary N) is 2. The molecule has 2 N–H and O–H groups in total. The first-order chi connectivity index (χ1) is 10.6. The van der Waals surface area contributed by atoms with E-state index in [4.69, 9.17) is 0 Å². The van der Waals surface area contributed by atoms with E-state index in [1.807, 2.05) is 48.5 Å². The molecular weight excluding hydrogens is 342 g/mol. The monoisotopic (exact) mass is 355 g/mol. The molecule has 3 rings (SSSR count). The van der Waals surface area contributed by atoms with Crippen molar-refractivity contribution in [1.82, 2.24) is 9.97 Å². The van der Waals surface area contributed by atoms with Crippen molar-refractivity contribution in [1.29, 1.82) is 0 Å². The van der Waals surface area contributed by atoms with Gasteiger partial charge in [-0.3, -0.25) is 4.79 Å². The number of aromatic amines is 1. The van der Waals surface area contributed by atoms with E-state index in [9.17, 15) is 4.79 Å². The first-order valence-corrected chi connectivity index (χ1v) is 7.60. The third-order valence-corrected chi connectivity index (χ3v) is 3.72. The van der Waals surface area contributed by atoms with Crippen molar-refractivity contribution >= 4 is 27.5 Å². The maximum atomic E-state index is 11.1. The topological polar surface area (TPSA) is 57.8 Å². The Morgan fingerprint density at radius 3 is 2.59 bits per heavy atom. The number of nitrogens with zero attached hydrogens (tertiary/aromatic N) is 1. The molecule has 110 valence electrons. The van der Waals surface area contributed by atoms with Gasteiger partial charge in [-0.15, -0.1) is 0 Å². The number of carbonyl (C=O) groups excluding carboxylic acids is 1. The van der Waals surface area contributed by atoms with Crippen LogP contribution in [0.2, 0.25) is 0 Å². The molecule has 1 amide bonds. The second kappa shape index (κ2) is 6.15. The highest BCUT2D eigenvalue weighted by atomic mass is 79.9. The zero-order valence-electron chi connectivity index (χ0n) is 11.9. The SMILES string of the molecule is CC(=O)Nc1ccc(-c2[nH]cnc2-c2cccc(Br)c2)cc1. The van der Waals surface area contributed by atoms with Crippen molar-refractivity contribution in [3.8, 4) is 22.5 Å². The normalized spacial score (nSPS) is 10.5. The van der Waals surface area contributed by atoms with Gasteiger partial charge in [-0.1, -0.05) is 40.2 Å². The number of anilines is 1. The first kappa shape index (κ1) is 14.5. The number of aromatic nitrogens is 2. The average molecular weight is 356 g/mol. The Balaban J connectivity index is 1.96. The van der Waals surface area contributed by atoms with Crippen LogP contribution in [0.15, 0.2) is 59.3 Å². The Morgan fingerprint density at radius 2 is 1.91 bits per heavy atom. The number of H-pyrrole nitrogens is 1. The van der Waals surface area contributed by atoms with Gasteiger partial charge in [-0.2, -0.15) is 0 Å². The van der Waals surface area contributed by atoms with E-state index in [-0.39, 0.29) is 5.91 Å². The molecule has 2 aromatic carbocycles. The molecule has 0 aliphatic heterocycles. The van der Waals surface area contributed by atoms with Crippen LogP contribution < -0.4 is 5.32 Å². The van der Waals surface area contributed by atoms with Crippen molar-refractivity contribution in [3.05, 3.63) is 59.3 Å². The predicted octanol–water partition coefficient (Wildman–Crippen LogP) is 4.46. The van der Waals surface area contributed by atoms with Gasteiger partial charge in [0.15, 0.2) is 0 Å². The quantitative estimate of drug-likeness (QED) is 0.728. The molecule has 1 heterocycles. The van der Waals surface area contributed by atoms with Gasteiger partial charge >= 0.3 is 0 Å². The number of amides is 1. The van der Waals surface area contributed by atoms with Gasteiger partial charge in [0, 0.05) is 28.2 Å². The van der Waals surface area contributed by atoms with Gasteiger partial charge in [0.25, 0.3) is 0 Å². The molecule has 1 aromatic heterocycles. The van der Waals surface area contributed by atoms with Crippen molar-refractivity contribution in [2.75, 3.05) is 5.32 Å². The van der Waals surface area contributed by atoms with Crippen molar-refractivity contribution < 1.29 is 4.79 Å². The molecular formula is C17H14BrN3O. The molecule has 0 spiro atoms. The highest BCUT2D eigenvalue weighted by Gasteiger charge is 2.10. The summed E-state index contributed by atoms with van der Waals surface area (Å²) < 4.78 is 1.01. The lowest BCUT2D eigenvalue weighted by Gasteiger charge is -2.06. The summed E-state index contributed by atoms with van der Waals surface area (Å²) in [5, 5.41) is 2.76. The second-order valence-electron chi connectivity index (χ2n) is 4.90. The molecule has 0 radical (unpaired) electrons. The molecule has 4 nitrogen and oxygen atoms in total. The fourth-order valence-corrected chi connectivity index (χ4v) is 2.69. The lowest BCUT2D eigenvalue weighted by molar-refractivity contribution is -0.114. The Labute approximate surface area is 136 Å². The fraction of sp³-hybridized carbons (Fsp3) is 0.0588. The molecule has 5 heteroatoms. The predicted molar refractivity (Wildman–Crippen MR) is 91.5 cm³/mol. The summed E-state index contributed by atoms with van der Waals surface area (Å²) >= 11 is 3.48. The summed E-state index contributed by atoms with van der Waals surface area (Å²) in [4.78, 5) is 18.7. The summed E-state index contributed by atoms with van der Waals surface area (Å²) in [5.74, 6) is -0.0795. The molecule has 0 atom stereocenters. The van der Waals surface area contributed by atoms with Gasteiger partial charge < -0.3 is 10.3 Å². The maximum absolute atomic E-state index is 11.1. The van der Waals surface area contributed by atoms with E-state index in [1.165, 1.54) is 6.92 Å². The number of hydrogen-bond acceptors (Lipinski definition) is 2. The molecule has 22 heavy (non-hydrogen) atoms. The number of halogens is 1. The van der Waals surface area contributed by atoms with E-state index in [1.54, 1.807) is 6.33 Å². The van der Waals surface area contributed by atoms with Gasteiger partial charge in [-0.05, 0) is 24.3 Å². The van der Waals surface area contributed by atoms with Crippen molar-refractivity contribution in [2.24, 2.45) is 0 Å². The molecule has 3 aromatic rings. The molecule has 0 saturated heterocycles. The minimum absolute atomic E-state index is 0.0795. The number of imidazole rings is 1. The Hall–Kier alpha value is -2.40. The standard InChI is InChI=1S/C17H14BrN3O/c1-11(22)21-15-7-5-12(6-8-15)16-17(20-10-19-16)13-3-2-4-14(18)9-13/h2-10H,1H3,(H,19,20)(H,21,22). The van der Waals surface area contributed by atoms with Gasteiger partial charge in [0.05, 0.1) is 17.7 Å². The van der Waals surface area contributed by atoms with Crippen LogP contribution >= 0.6 is 15.9 Å². The minimum Gasteiger partial charge on any atom is -0.344 e. The van der Waals surface area contributed by atoms with Crippen LogP contribution in [0.25, 0.3) is 22.5 Å². The van der Waals surface area contributed by atoms with E-state index in [0.29, 0.717) is 0 Å². The smallest absolute Gasteiger partial charge is 0.221 e. The molecule has 0 bridgehead atoms. The molecule has 0 fully saturated rings. The Kier molecular flexibility index (Phi) is 4.06. The van der Waals surface area contributed by atoms with Crippen molar-refractivity contribution in [2.45, 2.75) is 6.92 Å². The minimum atomic E-state index is -0.0795. The van der Waals surface area contributed by atoms with Crippen molar-refractivity contribution in [3.63, 3.8) is 0 Å². The Morgan fingerprint density at radius 1 is 1.14 bits per heavy atom. The average Bonchev–Trinajstić information content (AvgIpc) is 2.97. The number of rotatable bonds is 3. The Bertz CT molecular complexity index is 809. The third-order valence-electron chi connectivity index (χ3n) is 3.23. The van der Waals surface area contributed by atoms with E-state index in [2.05, 4.69) is 31.2 Å². The van der Waals surface area contributed by atoms with Crippen LogP contribution in [-0.2, 0) is 4.79 Å². The maximum Gasteiger partial charge on any atom is 0.221 e. The summed E-state index contributed by atoms with van der Waals surface area (Å²) in [7, 11) is 0. The van der Waals surface area contributed by atoms with E-state index < -0.39 is 0 Å². The molecule has 0 aliphatic rings. The van der Waals surface area contributed by atoms with Crippen LogP contribution in [0.5, 0.6) is 0 Å². The van der Waals surface area contributed by atoms with Gasteiger partial charge in [0.1, 0.15) is 0 Å². The van der Waals surface area contributed by atoms with Gasteiger partial charge in [0.2, 0.25) is 5.91 Å². The fourth-order valence-electron chi connectivity index (χ4n) is 2.29. The van der Waals surface area contributed by atoms with Crippen LogP contribution in [-0.4, -0.2) is 15.9 Å². The zero-order valence-corrected chi connectivity index (χ0v) is 13.5.